The maximum atomic E-state index is 12.8. The van der Waals surface area contributed by atoms with Gasteiger partial charge in [0.15, 0.2) is 0 Å². The van der Waals surface area contributed by atoms with E-state index < -0.39 is 0 Å². The molecule has 2 aromatic carbocycles. The van der Waals surface area contributed by atoms with E-state index in [2.05, 4.69) is 10.2 Å². The molecule has 0 unspecified atom stereocenters. The van der Waals surface area contributed by atoms with E-state index >= 15 is 0 Å². The Bertz CT molecular complexity index is 781. The largest absolute Gasteiger partial charge is 0.399 e. The summed E-state index contributed by atoms with van der Waals surface area (Å²) in [5.41, 5.74) is 8.29. The lowest BCUT2D eigenvalue weighted by Gasteiger charge is -2.32. The molecule has 2 aromatic rings. The number of rotatable bonds is 4. The molecular weight excluding hydrogens is 328 g/mol. The smallest absolute Gasteiger partial charge is 0.256 e. The van der Waals surface area contributed by atoms with Crippen molar-refractivity contribution in [3.63, 3.8) is 0 Å². The molecule has 1 aliphatic rings. The molecule has 1 aliphatic heterocycles. The average Bonchev–Trinajstić information content (AvgIpc) is 2.64. The van der Waals surface area contributed by atoms with E-state index in [-0.39, 0.29) is 18.2 Å². The highest BCUT2D eigenvalue weighted by Crippen LogP contribution is 2.19. The predicted octanol–water partition coefficient (Wildman–Crippen LogP) is 1.84. The fraction of sp³-hybridized carbons (Fsp3) is 0.300. The zero-order valence-corrected chi connectivity index (χ0v) is 14.9. The number of nitrogen functional groups attached to an aromatic ring is 1. The van der Waals surface area contributed by atoms with Gasteiger partial charge in [-0.3, -0.25) is 9.59 Å². The molecule has 6 nitrogen and oxygen atoms in total. The highest BCUT2D eigenvalue weighted by molar-refractivity contribution is 6.04. The van der Waals surface area contributed by atoms with Crippen LogP contribution in [0.25, 0.3) is 0 Å². The van der Waals surface area contributed by atoms with Crippen molar-refractivity contribution in [2.75, 3.05) is 44.3 Å². The van der Waals surface area contributed by atoms with E-state index in [1.54, 1.807) is 24.3 Å². The minimum atomic E-state index is -0.159. The molecule has 0 bridgehead atoms. The van der Waals surface area contributed by atoms with Crippen LogP contribution >= 0.6 is 0 Å². The molecule has 0 spiro atoms. The fourth-order valence-corrected chi connectivity index (χ4v) is 2.97. The van der Waals surface area contributed by atoms with E-state index in [0.29, 0.717) is 30.0 Å². The molecule has 0 aromatic heterocycles. The molecule has 136 valence electrons. The number of piperazine rings is 1. The quantitative estimate of drug-likeness (QED) is 0.823. The molecule has 0 aliphatic carbocycles. The molecule has 1 heterocycles. The number of amides is 2. The van der Waals surface area contributed by atoms with E-state index in [1.807, 2.05) is 36.2 Å². The Hall–Kier alpha value is -2.86. The van der Waals surface area contributed by atoms with Crippen LogP contribution in [0.1, 0.15) is 15.9 Å². The van der Waals surface area contributed by atoms with Crippen LogP contribution in [0.4, 0.5) is 11.4 Å². The standard InChI is InChI=1S/C20H24N4O2/c1-23-10-12-24(13-11-23)20(26)17-4-2-3-5-18(17)22-19(25)14-15-6-8-16(21)9-7-15/h2-9H,10-14,21H2,1H3,(H,22,25). The van der Waals surface area contributed by atoms with Gasteiger partial charge in [-0.1, -0.05) is 24.3 Å². The Morgan fingerprint density at radius 2 is 1.65 bits per heavy atom. The van der Waals surface area contributed by atoms with Crippen molar-refractivity contribution in [1.29, 1.82) is 0 Å². The molecule has 1 fully saturated rings. The van der Waals surface area contributed by atoms with Crippen molar-refractivity contribution in [2.24, 2.45) is 0 Å². The summed E-state index contributed by atoms with van der Waals surface area (Å²) in [6.07, 6.45) is 0.233. The van der Waals surface area contributed by atoms with Crippen LogP contribution in [-0.4, -0.2) is 54.8 Å². The Labute approximate surface area is 153 Å². The van der Waals surface area contributed by atoms with Crippen LogP contribution in [0, 0.1) is 0 Å². The molecule has 0 saturated carbocycles. The van der Waals surface area contributed by atoms with Crippen LogP contribution in [0.5, 0.6) is 0 Å². The number of carbonyl (C=O) groups is 2. The number of nitrogens with two attached hydrogens (primary N) is 1. The van der Waals surface area contributed by atoms with E-state index in [9.17, 15) is 9.59 Å². The minimum absolute atomic E-state index is 0.0403. The first-order valence-electron chi connectivity index (χ1n) is 8.74. The Kier molecular flexibility index (Phi) is 5.53. The lowest BCUT2D eigenvalue weighted by atomic mass is 10.1. The third-order valence-corrected chi connectivity index (χ3v) is 4.57. The summed E-state index contributed by atoms with van der Waals surface area (Å²) in [5, 5.41) is 2.87. The van der Waals surface area contributed by atoms with Gasteiger partial charge >= 0.3 is 0 Å². The van der Waals surface area contributed by atoms with Gasteiger partial charge in [0.2, 0.25) is 5.91 Å². The number of likely N-dealkylation sites (N-methyl/N-ethyl adjacent to an activating group) is 1. The summed E-state index contributed by atoms with van der Waals surface area (Å²) in [5.74, 6) is -0.199. The van der Waals surface area contributed by atoms with Crippen molar-refractivity contribution in [1.82, 2.24) is 9.80 Å². The molecular formula is C20H24N4O2. The second-order valence-corrected chi connectivity index (χ2v) is 6.61. The summed E-state index contributed by atoms with van der Waals surface area (Å²) in [6, 6.07) is 14.4. The minimum Gasteiger partial charge on any atom is -0.399 e. The third kappa shape index (κ3) is 4.40. The van der Waals surface area contributed by atoms with Crippen LogP contribution < -0.4 is 11.1 Å². The average molecular weight is 352 g/mol. The number of anilines is 2. The second kappa shape index (κ2) is 8.01. The monoisotopic (exact) mass is 352 g/mol. The number of hydrogen-bond acceptors (Lipinski definition) is 4. The zero-order valence-electron chi connectivity index (χ0n) is 14.9. The van der Waals surface area contributed by atoms with Gasteiger partial charge in [0.25, 0.3) is 5.91 Å². The van der Waals surface area contributed by atoms with Crippen LogP contribution in [0.2, 0.25) is 0 Å². The maximum absolute atomic E-state index is 12.8. The van der Waals surface area contributed by atoms with Crippen LogP contribution in [0.3, 0.4) is 0 Å². The van der Waals surface area contributed by atoms with Crippen molar-refractivity contribution < 1.29 is 9.59 Å². The Balaban J connectivity index is 1.69. The first-order chi connectivity index (χ1) is 12.5. The van der Waals surface area contributed by atoms with Crippen molar-refractivity contribution in [3.05, 3.63) is 59.7 Å². The first-order valence-corrected chi connectivity index (χ1v) is 8.74. The van der Waals surface area contributed by atoms with Gasteiger partial charge in [0.05, 0.1) is 17.7 Å². The van der Waals surface area contributed by atoms with Crippen molar-refractivity contribution in [2.45, 2.75) is 6.42 Å². The Morgan fingerprint density at radius 3 is 2.35 bits per heavy atom. The zero-order chi connectivity index (χ0) is 18.5. The van der Waals surface area contributed by atoms with Crippen LogP contribution in [-0.2, 0) is 11.2 Å². The molecule has 1 saturated heterocycles. The van der Waals surface area contributed by atoms with E-state index in [1.165, 1.54) is 0 Å². The van der Waals surface area contributed by atoms with Gasteiger partial charge < -0.3 is 20.9 Å². The van der Waals surface area contributed by atoms with E-state index in [4.69, 9.17) is 5.73 Å². The molecule has 0 radical (unpaired) electrons. The summed E-state index contributed by atoms with van der Waals surface area (Å²) >= 11 is 0. The van der Waals surface area contributed by atoms with Gasteiger partial charge in [-0.15, -0.1) is 0 Å². The predicted molar refractivity (Wildman–Crippen MR) is 103 cm³/mol. The van der Waals surface area contributed by atoms with E-state index in [0.717, 1.165) is 18.7 Å². The normalized spacial score (nSPS) is 14.9. The fourth-order valence-electron chi connectivity index (χ4n) is 2.97. The number of carbonyl (C=O) groups excluding carboxylic acids is 2. The number of nitrogens with zero attached hydrogens (tertiary/aromatic N) is 2. The maximum Gasteiger partial charge on any atom is 0.256 e. The summed E-state index contributed by atoms with van der Waals surface area (Å²) in [7, 11) is 2.05. The molecule has 26 heavy (non-hydrogen) atoms. The topological polar surface area (TPSA) is 78.7 Å². The molecule has 2 amide bonds. The van der Waals surface area contributed by atoms with Gasteiger partial charge in [-0.25, -0.2) is 0 Å². The number of nitrogens with one attached hydrogen (secondary N) is 1. The van der Waals surface area contributed by atoms with Crippen LogP contribution in [0.15, 0.2) is 48.5 Å². The van der Waals surface area contributed by atoms with Gasteiger partial charge in [0, 0.05) is 31.9 Å². The summed E-state index contributed by atoms with van der Waals surface area (Å²) < 4.78 is 0. The Morgan fingerprint density at radius 1 is 1.00 bits per heavy atom. The highest BCUT2D eigenvalue weighted by atomic mass is 16.2. The molecule has 3 N–H and O–H groups in total. The second-order valence-electron chi connectivity index (χ2n) is 6.61. The lowest BCUT2D eigenvalue weighted by Crippen LogP contribution is -2.47. The summed E-state index contributed by atoms with van der Waals surface area (Å²) in [6.45, 7) is 3.11. The SMILES string of the molecule is CN1CCN(C(=O)c2ccccc2NC(=O)Cc2ccc(N)cc2)CC1. The molecule has 0 atom stereocenters. The number of para-hydroxylation sites is 1. The molecule has 3 rings (SSSR count). The van der Waals surface area contributed by atoms with Crippen molar-refractivity contribution >= 4 is 23.2 Å². The number of benzene rings is 2. The number of hydrogen-bond donors (Lipinski definition) is 2. The van der Waals surface area contributed by atoms with Gasteiger partial charge in [-0.05, 0) is 36.9 Å². The molecule has 6 heteroatoms. The van der Waals surface area contributed by atoms with Gasteiger partial charge in [-0.2, -0.15) is 0 Å². The first kappa shape index (κ1) is 17.9. The lowest BCUT2D eigenvalue weighted by molar-refractivity contribution is -0.115. The van der Waals surface area contributed by atoms with Crippen molar-refractivity contribution in [3.8, 4) is 0 Å². The van der Waals surface area contributed by atoms with Gasteiger partial charge in [0.1, 0.15) is 0 Å². The highest BCUT2D eigenvalue weighted by Gasteiger charge is 2.22. The summed E-state index contributed by atoms with van der Waals surface area (Å²) in [4.78, 5) is 29.3. The third-order valence-electron chi connectivity index (χ3n) is 4.57.